The molecule has 2 nitrogen and oxygen atoms in total. The number of hydrogen-bond acceptors (Lipinski definition) is 2. The van der Waals surface area contributed by atoms with Gasteiger partial charge in [-0.2, -0.15) is 0 Å². The number of likely N-dealkylation sites (N-methyl/N-ethyl adjacent to an activating group) is 1. The molecule has 1 aromatic carbocycles. The highest BCUT2D eigenvalue weighted by Gasteiger charge is 2.29. The van der Waals surface area contributed by atoms with Gasteiger partial charge in [-0.25, -0.2) is 0 Å². The average molecular weight is 246 g/mol. The van der Waals surface area contributed by atoms with Gasteiger partial charge in [-0.3, -0.25) is 4.90 Å². The molecule has 1 aliphatic heterocycles. The maximum Gasteiger partial charge on any atom is 0.0264 e. The van der Waals surface area contributed by atoms with E-state index in [2.05, 4.69) is 55.3 Å². The van der Waals surface area contributed by atoms with E-state index in [-0.39, 0.29) is 0 Å². The second kappa shape index (κ2) is 6.35. The van der Waals surface area contributed by atoms with Crippen LogP contribution < -0.4 is 5.32 Å². The molecule has 100 valence electrons. The zero-order valence-electron chi connectivity index (χ0n) is 11.9. The molecular formula is C16H26N2. The number of aryl methyl sites for hydroxylation is 1. The summed E-state index contributed by atoms with van der Waals surface area (Å²) in [6.07, 6.45) is 1.28. The highest BCUT2D eigenvalue weighted by Crippen LogP contribution is 2.21. The van der Waals surface area contributed by atoms with Crippen molar-refractivity contribution in [1.82, 2.24) is 10.2 Å². The highest BCUT2D eigenvalue weighted by atomic mass is 15.2. The second-order valence-electron chi connectivity index (χ2n) is 5.38. The summed E-state index contributed by atoms with van der Waals surface area (Å²) in [4.78, 5) is 2.64. The third kappa shape index (κ3) is 2.93. The molecule has 0 aromatic heterocycles. The van der Waals surface area contributed by atoms with Gasteiger partial charge in [-0.1, -0.05) is 44.5 Å². The third-order valence-electron chi connectivity index (χ3n) is 4.34. The highest BCUT2D eigenvalue weighted by molar-refractivity contribution is 5.25. The van der Waals surface area contributed by atoms with Gasteiger partial charge in [0.15, 0.2) is 0 Å². The van der Waals surface area contributed by atoms with Crippen LogP contribution in [0.3, 0.4) is 0 Å². The Kier molecular flexibility index (Phi) is 4.79. The van der Waals surface area contributed by atoms with Gasteiger partial charge in [0.1, 0.15) is 0 Å². The summed E-state index contributed by atoms with van der Waals surface area (Å²) in [7, 11) is 0. The topological polar surface area (TPSA) is 15.3 Å². The molecule has 2 unspecified atom stereocenters. The SMILES string of the molecule is CCC1CNCC1N(CC)Cc1ccccc1C. The van der Waals surface area contributed by atoms with Crippen LogP contribution in [0.5, 0.6) is 0 Å². The zero-order valence-corrected chi connectivity index (χ0v) is 11.9. The van der Waals surface area contributed by atoms with Crippen LogP contribution in [-0.4, -0.2) is 30.6 Å². The Morgan fingerprint density at radius 3 is 2.67 bits per heavy atom. The minimum absolute atomic E-state index is 0.708. The monoisotopic (exact) mass is 246 g/mol. The van der Waals surface area contributed by atoms with Crippen LogP contribution >= 0.6 is 0 Å². The quantitative estimate of drug-likeness (QED) is 0.859. The van der Waals surface area contributed by atoms with Crippen LogP contribution in [-0.2, 0) is 6.54 Å². The molecule has 1 saturated heterocycles. The molecule has 1 aliphatic rings. The molecule has 1 N–H and O–H groups in total. The molecule has 18 heavy (non-hydrogen) atoms. The summed E-state index contributed by atoms with van der Waals surface area (Å²) in [6.45, 7) is 11.4. The van der Waals surface area contributed by atoms with E-state index in [0.717, 1.165) is 25.6 Å². The fourth-order valence-electron chi connectivity index (χ4n) is 3.03. The molecule has 2 rings (SSSR count). The van der Waals surface area contributed by atoms with E-state index in [4.69, 9.17) is 0 Å². The number of benzene rings is 1. The van der Waals surface area contributed by atoms with Gasteiger partial charge in [0.25, 0.3) is 0 Å². The predicted molar refractivity (Wildman–Crippen MR) is 77.7 cm³/mol. The van der Waals surface area contributed by atoms with E-state index < -0.39 is 0 Å². The van der Waals surface area contributed by atoms with E-state index in [9.17, 15) is 0 Å². The van der Waals surface area contributed by atoms with Crippen LogP contribution in [0, 0.1) is 12.8 Å². The lowest BCUT2D eigenvalue weighted by atomic mass is 9.98. The van der Waals surface area contributed by atoms with Crippen LogP contribution in [0.25, 0.3) is 0 Å². The van der Waals surface area contributed by atoms with Gasteiger partial charge in [-0.05, 0) is 37.1 Å². The van der Waals surface area contributed by atoms with Crippen molar-refractivity contribution in [1.29, 1.82) is 0 Å². The molecule has 1 fully saturated rings. The Hall–Kier alpha value is -0.860. The summed E-state index contributed by atoms with van der Waals surface area (Å²) in [6, 6.07) is 9.47. The number of nitrogens with zero attached hydrogens (tertiary/aromatic N) is 1. The van der Waals surface area contributed by atoms with E-state index in [1.165, 1.54) is 24.1 Å². The smallest absolute Gasteiger partial charge is 0.0264 e. The minimum Gasteiger partial charge on any atom is -0.315 e. The molecule has 2 heteroatoms. The second-order valence-corrected chi connectivity index (χ2v) is 5.38. The first-order valence-corrected chi connectivity index (χ1v) is 7.25. The molecule has 2 atom stereocenters. The van der Waals surface area contributed by atoms with Gasteiger partial charge < -0.3 is 5.32 Å². The summed E-state index contributed by atoms with van der Waals surface area (Å²) in [5.74, 6) is 0.814. The first-order chi connectivity index (χ1) is 8.76. The fourth-order valence-corrected chi connectivity index (χ4v) is 3.03. The van der Waals surface area contributed by atoms with Crippen LogP contribution in [0.1, 0.15) is 31.4 Å². The molecule has 0 spiro atoms. The first kappa shape index (κ1) is 13.6. The summed E-state index contributed by atoms with van der Waals surface area (Å²) >= 11 is 0. The molecule has 0 bridgehead atoms. The van der Waals surface area contributed by atoms with Crippen molar-refractivity contribution in [2.24, 2.45) is 5.92 Å². The van der Waals surface area contributed by atoms with Crippen molar-refractivity contribution in [3.8, 4) is 0 Å². The third-order valence-corrected chi connectivity index (χ3v) is 4.34. The Labute approximate surface area is 111 Å². The van der Waals surface area contributed by atoms with Gasteiger partial charge in [0.2, 0.25) is 0 Å². The van der Waals surface area contributed by atoms with Gasteiger partial charge >= 0.3 is 0 Å². The Morgan fingerprint density at radius 1 is 1.22 bits per heavy atom. The van der Waals surface area contributed by atoms with Crippen molar-refractivity contribution in [3.05, 3.63) is 35.4 Å². The average Bonchev–Trinajstić information content (AvgIpc) is 2.86. The summed E-state index contributed by atoms with van der Waals surface area (Å²) in [5, 5.41) is 3.55. The molecule has 1 heterocycles. The van der Waals surface area contributed by atoms with Gasteiger partial charge in [-0.15, -0.1) is 0 Å². The normalized spacial score (nSPS) is 23.8. The van der Waals surface area contributed by atoms with Crippen molar-refractivity contribution in [3.63, 3.8) is 0 Å². The van der Waals surface area contributed by atoms with Crippen LogP contribution in [0.15, 0.2) is 24.3 Å². The summed E-state index contributed by atoms with van der Waals surface area (Å²) in [5.41, 5.74) is 2.89. The largest absolute Gasteiger partial charge is 0.315 e. The maximum absolute atomic E-state index is 3.55. The van der Waals surface area contributed by atoms with Gasteiger partial charge in [0.05, 0.1) is 0 Å². The molecule has 0 aliphatic carbocycles. The fraction of sp³-hybridized carbons (Fsp3) is 0.625. The lowest BCUT2D eigenvalue weighted by Gasteiger charge is -2.31. The Morgan fingerprint density at radius 2 is 2.00 bits per heavy atom. The lowest BCUT2D eigenvalue weighted by molar-refractivity contribution is 0.169. The van der Waals surface area contributed by atoms with E-state index in [1.807, 2.05) is 0 Å². The van der Waals surface area contributed by atoms with E-state index in [0.29, 0.717) is 6.04 Å². The Bertz CT molecular complexity index is 375. The van der Waals surface area contributed by atoms with Crippen LogP contribution in [0.2, 0.25) is 0 Å². The van der Waals surface area contributed by atoms with Gasteiger partial charge in [0, 0.05) is 19.1 Å². The Balaban J connectivity index is 2.07. The van der Waals surface area contributed by atoms with Crippen molar-refractivity contribution in [2.45, 2.75) is 39.8 Å². The number of hydrogen-bond donors (Lipinski definition) is 1. The number of rotatable bonds is 5. The van der Waals surface area contributed by atoms with E-state index in [1.54, 1.807) is 0 Å². The molecule has 0 radical (unpaired) electrons. The van der Waals surface area contributed by atoms with Crippen LogP contribution in [0.4, 0.5) is 0 Å². The van der Waals surface area contributed by atoms with Crippen molar-refractivity contribution in [2.75, 3.05) is 19.6 Å². The lowest BCUT2D eigenvalue weighted by Crippen LogP contribution is -2.40. The van der Waals surface area contributed by atoms with Crippen molar-refractivity contribution < 1.29 is 0 Å². The first-order valence-electron chi connectivity index (χ1n) is 7.25. The molecular weight excluding hydrogens is 220 g/mol. The van der Waals surface area contributed by atoms with E-state index >= 15 is 0 Å². The molecule has 0 saturated carbocycles. The maximum atomic E-state index is 3.55. The summed E-state index contributed by atoms with van der Waals surface area (Å²) < 4.78 is 0. The number of nitrogens with one attached hydrogen (secondary N) is 1. The standard InChI is InChI=1S/C16H26N2/c1-4-14-10-17-11-16(14)18(5-2)12-15-9-7-6-8-13(15)3/h6-9,14,16-17H,4-5,10-12H2,1-3H3. The molecule has 0 amide bonds. The predicted octanol–water partition coefficient (Wildman–Crippen LogP) is 2.81. The minimum atomic E-state index is 0.708. The molecule has 1 aromatic rings. The van der Waals surface area contributed by atoms with Crippen molar-refractivity contribution >= 4 is 0 Å². The zero-order chi connectivity index (χ0) is 13.0.